The van der Waals surface area contributed by atoms with E-state index < -0.39 is 0 Å². The highest BCUT2D eigenvalue weighted by molar-refractivity contribution is 5.94. The molecule has 0 fully saturated rings. The van der Waals surface area contributed by atoms with Gasteiger partial charge in [0.05, 0.1) is 0 Å². The van der Waals surface area contributed by atoms with Crippen LogP contribution in [0.15, 0.2) is 66.2 Å². The van der Waals surface area contributed by atoms with Gasteiger partial charge in [0.15, 0.2) is 0 Å². The number of rotatable bonds is 6. The van der Waals surface area contributed by atoms with Crippen molar-refractivity contribution in [3.63, 3.8) is 0 Å². The van der Waals surface area contributed by atoms with Crippen molar-refractivity contribution in [2.75, 3.05) is 13.1 Å². The average molecular weight is 307 g/mol. The molecule has 0 saturated heterocycles. The molecule has 2 rings (SSSR count). The third-order valence-corrected chi connectivity index (χ3v) is 3.55. The van der Waals surface area contributed by atoms with Crippen molar-refractivity contribution >= 4 is 12.0 Å². The standard InChI is InChI=1S/C21H25NO/c1-17(2)15-22(21(23)20-12-8-5-9-13-20)16-18(3)14-19-10-6-4-7-11-19/h4-14,17H,15-16H2,1-3H3. The van der Waals surface area contributed by atoms with Gasteiger partial charge in [-0.1, -0.05) is 74.0 Å². The molecular formula is C21H25NO. The molecule has 2 heteroatoms. The van der Waals surface area contributed by atoms with Gasteiger partial charge in [0.25, 0.3) is 5.91 Å². The van der Waals surface area contributed by atoms with Crippen LogP contribution in [-0.2, 0) is 0 Å². The zero-order chi connectivity index (χ0) is 16.7. The Morgan fingerprint density at radius 3 is 2.13 bits per heavy atom. The second kappa shape index (κ2) is 8.33. The molecular weight excluding hydrogens is 282 g/mol. The SMILES string of the molecule is CC(=Cc1ccccc1)CN(CC(C)C)C(=O)c1ccccc1. The van der Waals surface area contributed by atoms with Gasteiger partial charge in [-0.25, -0.2) is 0 Å². The average Bonchev–Trinajstić information content (AvgIpc) is 2.55. The minimum atomic E-state index is 0.0973. The minimum absolute atomic E-state index is 0.0973. The quantitative estimate of drug-likeness (QED) is 0.744. The summed E-state index contributed by atoms with van der Waals surface area (Å²) >= 11 is 0. The summed E-state index contributed by atoms with van der Waals surface area (Å²) in [5.74, 6) is 0.535. The highest BCUT2D eigenvalue weighted by atomic mass is 16.2. The molecule has 2 aromatic rings. The fourth-order valence-electron chi connectivity index (χ4n) is 2.60. The molecule has 0 unspecified atom stereocenters. The summed E-state index contributed by atoms with van der Waals surface area (Å²) in [5, 5.41) is 0. The van der Waals surface area contributed by atoms with Crippen molar-refractivity contribution in [1.29, 1.82) is 0 Å². The van der Waals surface area contributed by atoms with E-state index in [2.05, 4.69) is 39.0 Å². The monoisotopic (exact) mass is 307 g/mol. The summed E-state index contributed by atoms with van der Waals surface area (Å²) in [5.41, 5.74) is 3.10. The number of hydrogen-bond donors (Lipinski definition) is 0. The van der Waals surface area contributed by atoms with Gasteiger partial charge in [0.1, 0.15) is 0 Å². The van der Waals surface area contributed by atoms with Gasteiger partial charge >= 0.3 is 0 Å². The van der Waals surface area contributed by atoms with E-state index in [1.54, 1.807) is 0 Å². The summed E-state index contributed by atoms with van der Waals surface area (Å²) < 4.78 is 0. The highest BCUT2D eigenvalue weighted by Crippen LogP contribution is 2.12. The van der Waals surface area contributed by atoms with Gasteiger partial charge in [-0.05, 0) is 30.5 Å². The molecule has 0 bridgehead atoms. The van der Waals surface area contributed by atoms with Crippen LogP contribution < -0.4 is 0 Å². The van der Waals surface area contributed by atoms with Gasteiger partial charge in [-0.15, -0.1) is 0 Å². The zero-order valence-electron chi connectivity index (χ0n) is 14.2. The summed E-state index contributed by atoms with van der Waals surface area (Å²) in [6, 6.07) is 19.7. The van der Waals surface area contributed by atoms with E-state index in [4.69, 9.17) is 0 Å². The van der Waals surface area contributed by atoms with Crippen LogP contribution in [0.25, 0.3) is 6.08 Å². The Morgan fingerprint density at radius 2 is 1.57 bits per heavy atom. The second-order valence-electron chi connectivity index (χ2n) is 6.35. The van der Waals surface area contributed by atoms with Crippen LogP contribution in [0, 0.1) is 5.92 Å². The maximum absolute atomic E-state index is 12.8. The van der Waals surface area contributed by atoms with Crippen LogP contribution in [-0.4, -0.2) is 23.9 Å². The number of hydrogen-bond acceptors (Lipinski definition) is 1. The van der Waals surface area contributed by atoms with Crippen LogP contribution >= 0.6 is 0 Å². The van der Waals surface area contributed by atoms with Gasteiger partial charge < -0.3 is 4.90 Å². The summed E-state index contributed by atoms with van der Waals surface area (Å²) in [6.45, 7) is 7.77. The molecule has 0 radical (unpaired) electrons. The first kappa shape index (κ1) is 17.0. The predicted octanol–water partition coefficient (Wildman–Crippen LogP) is 4.89. The van der Waals surface area contributed by atoms with Gasteiger partial charge in [-0.3, -0.25) is 4.79 Å². The molecule has 0 aliphatic heterocycles. The van der Waals surface area contributed by atoms with E-state index in [1.807, 2.05) is 53.4 Å². The fraction of sp³-hybridized carbons (Fsp3) is 0.286. The topological polar surface area (TPSA) is 20.3 Å². The van der Waals surface area contributed by atoms with Crippen molar-refractivity contribution in [1.82, 2.24) is 4.90 Å². The summed E-state index contributed by atoms with van der Waals surface area (Å²) in [4.78, 5) is 14.7. The Kier molecular flexibility index (Phi) is 6.16. The number of nitrogens with zero attached hydrogens (tertiary/aromatic N) is 1. The van der Waals surface area contributed by atoms with E-state index in [9.17, 15) is 4.79 Å². The molecule has 0 aliphatic carbocycles. The van der Waals surface area contributed by atoms with Crippen LogP contribution in [0.3, 0.4) is 0 Å². The normalized spacial score (nSPS) is 11.6. The fourth-order valence-corrected chi connectivity index (χ4v) is 2.60. The van der Waals surface area contributed by atoms with Crippen LogP contribution in [0.5, 0.6) is 0 Å². The van der Waals surface area contributed by atoms with Crippen LogP contribution in [0.4, 0.5) is 0 Å². The van der Waals surface area contributed by atoms with Crippen molar-refractivity contribution < 1.29 is 4.79 Å². The van der Waals surface area contributed by atoms with Crippen LogP contribution in [0.2, 0.25) is 0 Å². The van der Waals surface area contributed by atoms with Gasteiger partial charge in [-0.2, -0.15) is 0 Å². The lowest BCUT2D eigenvalue weighted by molar-refractivity contribution is 0.0752. The van der Waals surface area contributed by atoms with Crippen molar-refractivity contribution in [2.45, 2.75) is 20.8 Å². The Labute approximate surface area is 139 Å². The van der Waals surface area contributed by atoms with Crippen molar-refractivity contribution in [2.24, 2.45) is 5.92 Å². The first-order chi connectivity index (χ1) is 11.1. The molecule has 0 heterocycles. The largest absolute Gasteiger partial charge is 0.334 e. The maximum Gasteiger partial charge on any atom is 0.254 e. The molecule has 2 aromatic carbocycles. The molecule has 0 aromatic heterocycles. The first-order valence-electron chi connectivity index (χ1n) is 8.13. The second-order valence-corrected chi connectivity index (χ2v) is 6.35. The lowest BCUT2D eigenvalue weighted by Crippen LogP contribution is -2.35. The lowest BCUT2D eigenvalue weighted by atomic mass is 10.1. The summed E-state index contributed by atoms with van der Waals surface area (Å²) in [7, 11) is 0. The Balaban J connectivity index is 2.15. The van der Waals surface area contributed by atoms with Crippen LogP contribution in [0.1, 0.15) is 36.7 Å². The molecule has 23 heavy (non-hydrogen) atoms. The number of amides is 1. The molecule has 120 valence electrons. The zero-order valence-corrected chi connectivity index (χ0v) is 14.2. The Hall–Kier alpha value is -2.35. The third kappa shape index (κ3) is 5.41. The van der Waals surface area contributed by atoms with E-state index in [-0.39, 0.29) is 5.91 Å². The van der Waals surface area contributed by atoms with E-state index in [0.29, 0.717) is 12.5 Å². The molecule has 0 N–H and O–H groups in total. The van der Waals surface area contributed by atoms with E-state index >= 15 is 0 Å². The van der Waals surface area contributed by atoms with E-state index in [0.717, 1.165) is 12.1 Å². The Bertz CT molecular complexity index is 644. The molecule has 1 amide bonds. The molecule has 2 nitrogen and oxygen atoms in total. The summed E-state index contributed by atoms with van der Waals surface area (Å²) in [6.07, 6.45) is 2.14. The Morgan fingerprint density at radius 1 is 1.00 bits per heavy atom. The predicted molar refractivity (Wildman–Crippen MR) is 97.3 cm³/mol. The van der Waals surface area contributed by atoms with Gasteiger partial charge in [0, 0.05) is 18.7 Å². The molecule has 0 atom stereocenters. The smallest absolute Gasteiger partial charge is 0.254 e. The third-order valence-electron chi connectivity index (χ3n) is 3.55. The first-order valence-corrected chi connectivity index (χ1v) is 8.13. The number of carbonyl (C=O) groups is 1. The maximum atomic E-state index is 12.8. The van der Waals surface area contributed by atoms with Crippen molar-refractivity contribution in [3.8, 4) is 0 Å². The number of benzene rings is 2. The lowest BCUT2D eigenvalue weighted by Gasteiger charge is -2.25. The number of carbonyl (C=O) groups excluding carboxylic acids is 1. The molecule has 0 saturated carbocycles. The molecule has 0 spiro atoms. The van der Waals surface area contributed by atoms with E-state index in [1.165, 1.54) is 11.1 Å². The van der Waals surface area contributed by atoms with Gasteiger partial charge in [0.2, 0.25) is 0 Å². The molecule has 0 aliphatic rings. The highest BCUT2D eigenvalue weighted by Gasteiger charge is 2.16. The minimum Gasteiger partial charge on any atom is -0.334 e. The van der Waals surface area contributed by atoms with Crippen molar-refractivity contribution in [3.05, 3.63) is 77.4 Å².